The number of halogens is 1. The number of ether oxygens (including phenoxy) is 11. The number of aliphatic hydroxyl groups excluding tert-OH is 2. The number of Topliss-reactive ketones (excluding diaryl/α,β-unsaturated/α-hetero) is 1. The van der Waals surface area contributed by atoms with Crippen LogP contribution in [0.5, 0.6) is 0 Å². The van der Waals surface area contributed by atoms with E-state index in [4.69, 9.17) is 57.6 Å². The minimum Gasteiger partial charge on any atom is -1.00 e. The van der Waals surface area contributed by atoms with E-state index in [1.54, 1.807) is 41.5 Å². The summed E-state index contributed by atoms with van der Waals surface area (Å²) in [6, 6.07) is 0. The van der Waals surface area contributed by atoms with Crippen molar-refractivity contribution >= 4 is 40.7 Å². The second-order valence-corrected chi connectivity index (χ2v) is 17.8. The molecule has 0 unspecified atom stereocenters. The zero-order valence-corrected chi connectivity index (χ0v) is 43.9. The predicted molar refractivity (Wildman–Crippen MR) is 237 cm³/mol. The van der Waals surface area contributed by atoms with Crippen LogP contribution in [-0.4, -0.2) is 194 Å². The minimum atomic E-state index is -0.654. The normalized spacial score (nSPS) is 29.0. The molecule has 7 aliphatic rings. The summed E-state index contributed by atoms with van der Waals surface area (Å²) in [5, 5.41) is 21.4. The summed E-state index contributed by atoms with van der Waals surface area (Å²) >= 11 is 0. The van der Waals surface area contributed by atoms with Gasteiger partial charge in [0.15, 0.2) is 46.9 Å². The molecule has 0 aliphatic carbocycles. The third-order valence-corrected chi connectivity index (χ3v) is 9.73. The van der Waals surface area contributed by atoms with Crippen LogP contribution in [0.3, 0.4) is 0 Å². The van der Waals surface area contributed by atoms with Crippen LogP contribution in [0, 0.1) is 7.43 Å². The quantitative estimate of drug-likeness (QED) is 0.199. The van der Waals surface area contributed by atoms with E-state index in [0.29, 0.717) is 26.4 Å². The molecule has 64 heavy (non-hydrogen) atoms. The number of aliphatic hydroxyl groups is 2. The third-order valence-electron chi connectivity index (χ3n) is 9.73. The van der Waals surface area contributed by atoms with Gasteiger partial charge < -0.3 is 96.9 Å². The maximum Gasteiger partial charge on any atom is 2.00 e. The average molecular weight is 1000 g/mol. The number of hydrogen-bond donors (Lipinski definition) is 3. The third kappa shape index (κ3) is 26.2. The van der Waals surface area contributed by atoms with Gasteiger partial charge in [-0.3, -0.25) is 9.59 Å². The number of nitrogens with one attached hydrogen (secondary N) is 1. The van der Waals surface area contributed by atoms with E-state index < -0.39 is 47.2 Å². The molecule has 0 spiro atoms. The Kier molecular flexibility index (Phi) is 32.5. The van der Waals surface area contributed by atoms with Gasteiger partial charge in [0, 0.05) is 13.1 Å². The van der Waals surface area contributed by atoms with Gasteiger partial charge in [-0.15, -0.1) is 0 Å². The van der Waals surface area contributed by atoms with Crippen molar-refractivity contribution in [2.75, 3.05) is 66.3 Å². The Labute approximate surface area is 411 Å². The summed E-state index contributed by atoms with van der Waals surface area (Å²) in [7, 11) is 1.33. The van der Waals surface area contributed by atoms with Crippen molar-refractivity contribution in [2.45, 2.75) is 195 Å². The molecule has 7 fully saturated rings. The predicted octanol–water partition coefficient (Wildman–Crippen LogP) is 0.915. The molecule has 7 aliphatic heterocycles. The van der Waals surface area contributed by atoms with Gasteiger partial charge in [-0.1, -0.05) is 7.43 Å². The molecule has 0 aromatic carbocycles. The molecule has 0 aromatic heterocycles. The maximum atomic E-state index is 11.9. The number of carbonyl (C=O) groups is 3. The van der Waals surface area contributed by atoms with Crippen molar-refractivity contribution < 1.29 is 93.7 Å². The summed E-state index contributed by atoms with van der Waals surface area (Å²) in [4.78, 5) is 35.3. The fourth-order valence-electron chi connectivity index (χ4n) is 6.30. The van der Waals surface area contributed by atoms with Crippen molar-refractivity contribution in [2.24, 2.45) is 0 Å². The molecule has 20 heteroatoms. The molecule has 18 nitrogen and oxygen atoms in total. The van der Waals surface area contributed by atoms with Crippen LogP contribution in [0.2, 0.25) is 0 Å². The second kappa shape index (κ2) is 30.7. The van der Waals surface area contributed by atoms with Crippen LogP contribution in [0.25, 0.3) is 0 Å². The number of esters is 1. The van der Waals surface area contributed by atoms with Crippen LogP contribution >= 0.6 is 0 Å². The van der Waals surface area contributed by atoms with Gasteiger partial charge in [-0.2, -0.15) is 0 Å². The summed E-state index contributed by atoms with van der Waals surface area (Å²) in [5.74, 6) is -3.10. The van der Waals surface area contributed by atoms with Gasteiger partial charge in [-0.25, -0.2) is 4.79 Å². The Morgan fingerprint density at radius 3 is 1.14 bits per heavy atom. The van der Waals surface area contributed by atoms with E-state index in [-0.39, 0.29) is 104 Å². The number of rotatable bonds is 5. The molecule has 0 bridgehead atoms. The van der Waals surface area contributed by atoms with Gasteiger partial charge in [0.1, 0.15) is 18.3 Å². The standard InChI is InChI=1S/C10H17NO3.C7H12O4.2C7H14O3.C7H12O3.C4H9N.CH4.CH3.BrH.Mg/c1-10(2)13-7-8(14-10)9(12)11-5-3-4-6-11;1-7(2)10-4-5(11-7)6(8)9-3;3*1-5(8)6-4-9-7(2,3)10-6;1-2-4-5-3-1;;;;/h8H,3-7H2,1-2H3;5H,4H2,1-3H3;2*5-6,8H,4H2,1-3H3;6H,4H2,1-3H3;5H,1-4H2;1H4;1H3;1H;/q;;;;;;;-1;;+2/p-1/t8-;5-;5-,6+;5-,6-;6-;;;;;/m11011...../s1. The number of nitrogens with zero attached hydrogens (tertiary/aromatic N) is 1. The zero-order chi connectivity index (χ0) is 45.5. The first-order valence-corrected chi connectivity index (χ1v) is 21.2. The molecule has 3 N–H and O–H groups in total. The van der Waals surface area contributed by atoms with Gasteiger partial charge in [0.05, 0.1) is 52.4 Å². The van der Waals surface area contributed by atoms with Gasteiger partial charge >= 0.3 is 29.0 Å². The molecule has 7 atom stereocenters. The first-order chi connectivity index (χ1) is 27.7. The van der Waals surface area contributed by atoms with Crippen LogP contribution in [-0.2, 0) is 66.5 Å². The van der Waals surface area contributed by atoms with Crippen molar-refractivity contribution in [1.82, 2.24) is 10.2 Å². The van der Waals surface area contributed by atoms with Crippen molar-refractivity contribution in [1.29, 1.82) is 0 Å². The Balaban J connectivity index is -0.000000700. The fraction of sp³-hybridized carbons (Fsp3) is 0.909. The van der Waals surface area contributed by atoms with E-state index in [2.05, 4.69) is 10.1 Å². The van der Waals surface area contributed by atoms with E-state index in [0.717, 1.165) is 25.9 Å². The molecule has 0 aromatic rings. The first kappa shape index (κ1) is 67.6. The van der Waals surface area contributed by atoms with Crippen LogP contribution in [0.1, 0.15) is 123 Å². The topological polar surface area (TPSA) is 208 Å². The molecule has 7 saturated heterocycles. The zero-order valence-electron chi connectivity index (χ0n) is 40.9. The smallest absolute Gasteiger partial charge is 1.00 e. The molecule has 7 rings (SSSR count). The number of amides is 1. The van der Waals surface area contributed by atoms with Crippen molar-refractivity contribution in [3.63, 3.8) is 0 Å². The molecule has 7 heterocycles. The molecular formula is C44H85BrMgN2O16. The molecule has 376 valence electrons. The Hall–Kier alpha value is -0.664. The van der Waals surface area contributed by atoms with Gasteiger partial charge in [-0.05, 0) is 129 Å². The SMILES string of the molecule is C.C1CCNC1.CC(=O)[C@H]1COC(C)(C)O1.CC1(C)OC[C@H](C(=O)N2CCCC2)O1.COC(=O)[C@H]1COC(C)(C)O1.C[C@@H](O)[C@H]1COC(C)(C)O1.C[C@H](O)[C@H]1COC(C)(C)O1.[Br-].[CH3-].[Mg+2]. The second-order valence-electron chi connectivity index (χ2n) is 17.8. The van der Waals surface area contributed by atoms with Crippen LogP contribution in [0.4, 0.5) is 0 Å². The van der Waals surface area contributed by atoms with Crippen LogP contribution < -0.4 is 22.3 Å². The average Bonchev–Trinajstić information content (AvgIpc) is 4.00. The van der Waals surface area contributed by atoms with Crippen molar-refractivity contribution in [3.8, 4) is 0 Å². The molecule has 0 radical (unpaired) electrons. The summed E-state index contributed by atoms with van der Waals surface area (Å²) in [6.45, 7) is 29.4. The number of likely N-dealkylation sites (tertiary alicyclic amines) is 1. The van der Waals surface area contributed by atoms with E-state index in [9.17, 15) is 14.4 Å². The van der Waals surface area contributed by atoms with Crippen LogP contribution in [0.15, 0.2) is 0 Å². The van der Waals surface area contributed by atoms with E-state index in [1.807, 2.05) is 46.4 Å². The van der Waals surface area contributed by atoms with Crippen molar-refractivity contribution in [3.05, 3.63) is 7.43 Å². The number of carbonyl (C=O) groups excluding carboxylic acids is 3. The molecule has 0 saturated carbocycles. The van der Waals surface area contributed by atoms with E-state index in [1.165, 1.54) is 40.0 Å². The monoisotopic (exact) mass is 1000 g/mol. The Bertz CT molecular complexity index is 1270. The number of methoxy groups -OCH3 is 1. The fourth-order valence-corrected chi connectivity index (χ4v) is 6.30. The largest absolute Gasteiger partial charge is 2.00 e. The number of ketones is 1. The van der Waals surface area contributed by atoms with E-state index >= 15 is 0 Å². The van der Waals surface area contributed by atoms with Gasteiger partial charge in [0.2, 0.25) is 0 Å². The summed E-state index contributed by atoms with van der Waals surface area (Å²) < 4.78 is 57.3. The Morgan fingerprint density at radius 1 is 0.594 bits per heavy atom. The number of hydrogen-bond acceptors (Lipinski definition) is 17. The summed E-state index contributed by atoms with van der Waals surface area (Å²) in [5.41, 5.74) is 0. The van der Waals surface area contributed by atoms with Gasteiger partial charge in [0.25, 0.3) is 5.91 Å². The maximum absolute atomic E-state index is 11.9. The summed E-state index contributed by atoms with van der Waals surface area (Å²) in [6.07, 6.45) is 2.51. The molecule has 1 amide bonds. The first-order valence-electron chi connectivity index (χ1n) is 21.2. The Morgan fingerprint density at radius 2 is 0.922 bits per heavy atom. The molecular weight excluding hydrogens is 917 g/mol. The minimum absolute atomic E-state index is 0.